The molecule has 1 aliphatic carbocycles. The predicted molar refractivity (Wildman–Crippen MR) is 126 cm³/mol. The first-order valence-corrected chi connectivity index (χ1v) is 11.3. The second-order valence-electron chi connectivity index (χ2n) is 9.62. The van der Waals surface area contributed by atoms with Gasteiger partial charge in [-0.2, -0.15) is 10.1 Å². The van der Waals surface area contributed by atoms with E-state index in [1.165, 1.54) is 0 Å². The van der Waals surface area contributed by atoms with Crippen molar-refractivity contribution in [1.29, 1.82) is 0 Å². The van der Waals surface area contributed by atoms with Gasteiger partial charge in [-0.15, -0.1) is 0 Å². The van der Waals surface area contributed by atoms with Crippen LogP contribution in [0.15, 0.2) is 47.6 Å². The van der Waals surface area contributed by atoms with Crippen LogP contribution in [-0.2, 0) is 12.0 Å². The summed E-state index contributed by atoms with van der Waals surface area (Å²) in [6.07, 6.45) is 11.1. The summed E-state index contributed by atoms with van der Waals surface area (Å²) in [7, 11) is 1.78. The molecule has 0 spiro atoms. The molecule has 0 bridgehead atoms. The molecule has 10 heteroatoms. The second kappa shape index (κ2) is 8.28. The molecule has 4 aromatic heterocycles. The summed E-state index contributed by atoms with van der Waals surface area (Å²) in [4.78, 5) is 18.0. The van der Waals surface area contributed by atoms with E-state index in [0.717, 1.165) is 35.2 Å². The molecule has 34 heavy (non-hydrogen) atoms. The van der Waals surface area contributed by atoms with Gasteiger partial charge in [-0.05, 0) is 51.2 Å². The molecule has 0 saturated heterocycles. The van der Waals surface area contributed by atoms with Gasteiger partial charge in [-0.25, -0.2) is 9.97 Å². The number of nitrogens with zero attached hydrogens (tertiary/aromatic N) is 7. The van der Waals surface area contributed by atoms with Crippen LogP contribution >= 0.6 is 0 Å². The highest BCUT2D eigenvalue weighted by Crippen LogP contribution is 2.50. The van der Waals surface area contributed by atoms with Gasteiger partial charge < -0.3 is 14.9 Å². The zero-order valence-electron chi connectivity index (χ0n) is 19.7. The number of nitrogens with one attached hydrogen (secondary N) is 1. The van der Waals surface area contributed by atoms with Crippen LogP contribution < -0.4 is 5.32 Å². The van der Waals surface area contributed by atoms with Crippen molar-refractivity contribution >= 4 is 5.95 Å². The van der Waals surface area contributed by atoms with E-state index < -0.39 is 11.0 Å². The molecule has 1 aliphatic rings. The summed E-state index contributed by atoms with van der Waals surface area (Å²) in [5.74, 6) is 2.04. The molecule has 4 aromatic rings. The van der Waals surface area contributed by atoms with Crippen LogP contribution in [0.3, 0.4) is 0 Å². The van der Waals surface area contributed by atoms with E-state index in [2.05, 4.69) is 43.5 Å². The maximum Gasteiger partial charge on any atom is 0.261 e. The molecule has 0 aliphatic heterocycles. The predicted octanol–water partition coefficient (Wildman–Crippen LogP) is 3.31. The minimum Gasteiger partial charge on any atom is -0.389 e. The third-order valence-corrected chi connectivity index (χ3v) is 6.25. The first-order valence-electron chi connectivity index (χ1n) is 11.3. The Morgan fingerprint density at radius 1 is 1.06 bits per heavy atom. The lowest BCUT2D eigenvalue weighted by molar-refractivity contribution is 0.0577. The highest BCUT2D eigenvalue weighted by atomic mass is 16.5. The number of rotatable bonds is 8. The SMILES string of the molecule is CNc1ncc(-c2ccc(C(C)(c3noc(-c4cnn(CC(C)(C)O)c4)n3)C3CC3)cn2)cn1. The van der Waals surface area contributed by atoms with Gasteiger partial charge in [0, 0.05) is 37.4 Å². The maximum absolute atomic E-state index is 10.0. The molecule has 0 amide bonds. The standard InChI is InChI=1S/C24H28N8O2/c1-23(2,33)14-32-13-16(11-29-32)20-30-21(31-34-20)24(3,17-5-6-17)18-7-8-19(26-12-18)15-9-27-22(25-4)28-10-15/h7-13,17,33H,5-6,14H2,1-4H3,(H,25,27,28). The summed E-state index contributed by atoms with van der Waals surface area (Å²) in [6, 6.07) is 4.05. The monoisotopic (exact) mass is 460 g/mol. The molecule has 4 heterocycles. The maximum atomic E-state index is 10.0. The van der Waals surface area contributed by atoms with E-state index in [1.807, 2.05) is 18.5 Å². The summed E-state index contributed by atoms with van der Waals surface area (Å²) in [5, 5.41) is 21.6. The molecule has 176 valence electrons. The Hall–Kier alpha value is -3.66. The summed E-state index contributed by atoms with van der Waals surface area (Å²) >= 11 is 0. The van der Waals surface area contributed by atoms with Crippen LogP contribution in [0.1, 0.15) is 45.0 Å². The normalized spacial score (nSPS) is 15.8. The fourth-order valence-corrected chi connectivity index (χ4v) is 4.18. The molecule has 2 N–H and O–H groups in total. The molecule has 0 aromatic carbocycles. The zero-order valence-corrected chi connectivity index (χ0v) is 19.7. The highest BCUT2D eigenvalue weighted by molar-refractivity contribution is 5.58. The Balaban J connectivity index is 1.42. The van der Waals surface area contributed by atoms with Gasteiger partial charge in [0.1, 0.15) is 0 Å². The molecular weight excluding hydrogens is 432 g/mol. The first kappa shape index (κ1) is 22.1. The van der Waals surface area contributed by atoms with Crippen LogP contribution in [0.4, 0.5) is 5.95 Å². The van der Waals surface area contributed by atoms with Crippen molar-refractivity contribution in [2.75, 3.05) is 12.4 Å². The van der Waals surface area contributed by atoms with E-state index >= 15 is 0 Å². The lowest BCUT2D eigenvalue weighted by atomic mass is 9.77. The summed E-state index contributed by atoms with van der Waals surface area (Å²) in [6.45, 7) is 6.00. The molecule has 1 atom stereocenters. The van der Waals surface area contributed by atoms with Crippen molar-refractivity contribution in [2.24, 2.45) is 5.92 Å². The quantitative estimate of drug-likeness (QED) is 0.407. The first-order chi connectivity index (χ1) is 16.3. The van der Waals surface area contributed by atoms with Gasteiger partial charge >= 0.3 is 0 Å². The van der Waals surface area contributed by atoms with Gasteiger partial charge in [0.2, 0.25) is 5.95 Å². The lowest BCUT2D eigenvalue weighted by Crippen LogP contribution is -2.28. The number of aromatic nitrogens is 7. The molecular formula is C24H28N8O2. The van der Waals surface area contributed by atoms with Crippen molar-refractivity contribution < 1.29 is 9.63 Å². The van der Waals surface area contributed by atoms with E-state index in [9.17, 15) is 5.11 Å². The topological polar surface area (TPSA) is 128 Å². The van der Waals surface area contributed by atoms with Gasteiger partial charge in [0.15, 0.2) is 5.82 Å². The van der Waals surface area contributed by atoms with Crippen LogP contribution in [0, 0.1) is 5.92 Å². The molecule has 1 unspecified atom stereocenters. The number of hydrogen-bond donors (Lipinski definition) is 2. The summed E-state index contributed by atoms with van der Waals surface area (Å²) < 4.78 is 7.31. The fourth-order valence-electron chi connectivity index (χ4n) is 4.18. The number of anilines is 1. The molecule has 1 saturated carbocycles. The smallest absolute Gasteiger partial charge is 0.261 e. The van der Waals surface area contributed by atoms with E-state index in [-0.39, 0.29) is 0 Å². The van der Waals surface area contributed by atoms with Crippen molar-refractivity contribution in [3.8, 4) is 22.7 Å². The van der Waals surface area contributed by atoms with E-state index in [4.69, 9.17) is 9.51 Å². The third-order valence-electron chi connectivity index (χ3n) is 6.25. The Labute approximate surface area is 197 Å². The van der Waals surface area contributed by atoms with Crippen LogP contribution in [0.5, 0.6) is 0 Å². The van der Waals surface area contributed by atoms with E-state index in [1.54, 1.807) is 44.2 Å². The third kappa shape index (κ3) is 4.28. The Morgan fingerprint density at radius 2 is 1.82 bits per heavy atom. The number of aliphatic hydroxyl groups is 1. The van der Waals surface area contributed by atoms with Crippen molar-refractivity contribution in [3.05, 3.63) is 54.5 Å². The van der Waals surface area contributed by atoms with E-state index in [0.29, 0.717) is 30.1 Å². The Morgan fingerprint density at radius 3 is 2.44 bits per heavy atom. The van der Waals surface area contributed by atoms with Crippen molar-refractivity contribution in [3.63, 3.8) is 0 Å². The van der Waals surface area contributed by atoms with Gasteiger partial charge in [0.25, 0.3) is 5.89 Å². The van der Waals surface area contributed by atoms with Crippen LogP contribution in [-0.4, -0.2) is 52.6 Å². The Bertz CT molecular complexity index is 1270. The Kier molecular flexibility index (Phi) is 5.40. The van der Waals surface area contributed by atoms with Gasteiger partial charge in [-0.3, -0.25) is 9.67 Å². The molecule has 5 rings (SSSR count). The summed E-state index contributed by atoms with van der Waals surface area (Å²) in [5.41, 5.74) is 2.13. The van der Waals surface area contributed by atoms with Crippen LogP contribution in [0.25, 0.3) is 22.7 Å². The van der Waals surface area contributed by atoms with Crippen molar-refractivity contribution in [1.82, 2.24) is 34.9 Å². The molecule has 10 nitrogen and oxygen atoms in total. The van der Waals surface area contributed by atoms with Gasteiger partial charge in [-0.1, -0.05) is 11.2 Å². The number of pyridine rings is 1. The lowest BCUT2D eigenvalue weighted by Gasteiger charge is -2.26. The number of hydrogen-bond acceptors (Lipinski definition) is 9. The zero-order chi connectivity index (χ0) is 23.9. The largest absolute Gasteiger partial charge is 0.389 e. The van der Waals surface area contributed by atoms with Crippen molar-refractivity contribution in [2.45, 2.75) is 51.2 Å². The average Bonchev–Trinajstić information content (AvgIpc) is 3.39. The van der Waals surface area contributed by atoms with Crippen LogP contribution in [0.2, 0.25) is 0 Å². The highest BCUT2D eigenvalue weighted by Gasteiger charge is 2.47. The molecule has 1 fully saturated rings. The van der Waals surface area contributed by atoms with Gasteiger partial charge in [0.05, 0.1) is 35.0 Å². The fraction of sp³-hybridized carbons (Fsp3) is 0.417. The average molecular weight is 461 g/mol. The minimum absolute atomic E-state index is 0.370. The molecule has 0 radical (unpaired) electrons. The second-order valence-corrected chi connectivity index (χ2v) is 9.62. The minimum atomic E-state index is -0.867.